The summed E-state index contributed by atoms with van der Waals surface area (Å²) in [5.41, 5.74) is -1.86. The summed E-state index contributed by atoms with van der Waals surface area (Å²) in [6.45, 7) is 12.3. The molecule has 1 aliphatic carbocycles. The van der Waals surface area contributed by atoms with E-state index in [4.69, 9.17) is 0 Å². The molecule has 12 nitrogen and oxygen atoms in total. The first-order valence-electron chi connectivity index (χ1n) is 17.5. The van der Waals surface area contributed by atoms with Gasteiger partial charge in [0.25, 0.3) is 5.91 Å². The van der Waals surface area contributed by atoms with Crippen molar-refractivity contribution in [1.82, 2.24) is 26.2 Å². The molecule has 5 amide bonds. The highest BCUT2D eigenvalue weighted by Gasteiger charge is 2.51. The summed E-state index contributed by atoms with van der Waals surface area (Å²) < 4.78 is 65.6. The Morgan fingerprint density at radius 1 is 0.980 bits per heavy atom. The van der Waals surface area contributed by atoms with E-state index in [1.807, 2.05) is 13.8 Å². The van der Waals surface area contributed by atoms with Gasteiger partial charge < -0.3 is 26.2 Å². The first kappa shape index (κ1) is 41.3. The van der Waals surface area contributed by atoms with Crippen molar-refractivity contribution in [3.8, 4) is 0 Å². The molecule has 50 heavy (non-hydrogen) atoms. The number of rotatable bonds is 13. The van der Waals surface area contributed by atoms with E-state index in [1.54, 1.807) is 20.8 Å². The maximum absolute atomic E-state index is 14.4. The third-order valence-corrected chi connectivity index (χ3v) is 12.7. The Hall–Kier alpha value is -3.17. The predicted molar refractivity (Wildman–Crippen MR) is 181 cm³/mol. The van der Waals surface area contributed by atoms with Crippen molar-refractivity contribution in [2.75, 3.05) is 18.8 Å². The van der Waals surface area contributed by atoms with Gasteiger partial charge in [-0.05, 0) is 55.8 Å². The molecule has 0 bridgehead atoms. The third-order valence-electron chi connectivity index (χ3n) is 10.3. The van der Waals surface area contributed by atoms with Crippen molar-refractivity contribution in [3.63, 3.8) is 0 Å². The van der Waals surface area contributed by atoms with Crippen LogP contribution in [-0.2, 0) is 29.0 Å². The third kappa shape index (κ3) is 10.2. The zero-order chi connectivity index (χ0) is 37.7. The van der Waals surface area contributed by atoms with Crippen molar-refractivity contribution in [3.05, 3.63) is 12.7 Å². The van der Waals surface area contributed by atoms with E-state index < -0.39 is 98.6 Å². The minimum Gasteiger partial charge on any atom is -0.346 e. The molecule has 0 spiro atoms. The lowest BCUT2D eigenvalue weighted by Gasteiger charge is -2.43. The van der Waals surface area contributed by atoms with E-state index in [0.29, 0.717) is 32.1 Å². The van der Waals surface area contributed by atoms with Crippen LogP contribution in [0.4, 0.5) is 18.0 Å². The monoisotopic (exact) mass is 733 g/mol. The molecule has 284 valence electrons. The Kier molecular flexibility index (Phi) is 13.6. The summed E-state index contributed by atoms with van der Waals surface area (Å²) in [5, 5.41) is 9.61. The Morgan fingerprint density at radius 2 is 1.62 bits per heavy atom. The minimum absolute atomic E-state index is 0.0589. The van der Waals surface area contributed by atoms with Gasteiger partial charge in [0.15, 0.2) is 9.84 Å². The number of sulfone groups is 1. The van der Waals surface area contributed by atoms with Crippen LogP contribution in [0.25, 0.3) is 0 Å². The number of carbonyl (C=O) groups excluding carboxylic acids is 5. The molecule has 2 saturated heterocycles. The molecule has 0 aromatic heterocycles. The number of likely N-dealkylation sites (tertiary alicyclic amines) is 1. The number of halogens is 3. The molecule has 1 saturated carbocycles. The van der Waals surface area contributed by atoms with Gasteiger partial charge >= 0.3 is 12.2 Å². The normalized spacial score (nSPS) is 24.6. The molecule has 3 fully saturated rings. The number of nitrogens with zero attached hydrogens (tertiary/aromatic N) is 1. The van der Waals surface area contributed by atoms with Gasteiger partial charge in [-0.15, -0.1) is 6.58 Å². The van der Waals surface area contributed by atoms with Crippen molar-refractivity contribution >= 4 is 39.4 Å². The summed E-state index contributed by atoms with van der Waals surface area (Å²) in [6.07, 6.45) is -0.989. The second-order valence-corrected chi connectivity index (χ2v) is 17.7. The van der Waals surface area contributed by atoms with Crippen LogP contribution in [-0.4, -0.2) is 96.8 Å². The van der Waals surface area contributed by atoms with E-state index in [-0.39, 0.29) is 24.8 Å². The van der Waals surface area contributed by atoms with Crippen LogP contribution < -0.4 is 21.3 Å². The topological polar surface area (TPSA) is 171 Å². The number of alkyl halides is 3. The summed E-state index contributed by atoms with van der Waals surface area (Å²) >= 11 is 0. The number of hydrogen-bond acceptors (Lipinski definition) is 7. The van der Waals surface area contributed by atoms with Crippen LogP contribution in [0.2, 0.25) is 0 Å². The molecule has 2 aliphatic heterocycles. The standard InChI is InChI=1S/C34H54F3N5O7S/c1-7-18-38-29(45)26(43)23(13-17-34(35,36)37)39-28(44)25-22(21(2)3)14-19-42(25)30(46)27(32(4,5)6)40-31(47)41-33(15-9-8-10-16-33)24-12-11-20-50(24,48)49/h7,21-25,27H,1,8-20H2,2-6H3,(H,38,45)(H,39,44)(H2,40,41,47)/t22?,23?,24?,25-,27+/m0/s1. The smallest absolute Gasteiger partial charge is 0.346 e. The number of nitrogens with one attached hydrogen (secondary N) is 4. The maximum atomic E-state index is 14.4. The van der Waals surface area contributed by atoms with Crippen molar-refractivity contribution < 1.29 is 45.6 Å². The SMILES string of the molecule is C=CCNC(=O)C(=O)C(CCC(F)(F)F)NC(=O)[C@@H]1C(C(C)C)CCN1C(=O)[C@@H](NC(=O)NC1(C2CCCS2(=O)=O)CCCCC1)C(C)(C)C. The lowest BCUT2D eigenvalue weighted by Crippen LogP contribution is -2.65. The van der Waals surface area contributed by atoms with Crippen LogP contribution in [0.5, 0.6) is 0 Å². The van der Waals surface area contributed by atoms with Gasteiger partial charge in [0.05, 0.1) is 22.6 Å². The lowest BCUT2D eigenvalue weighted by molar-refractivity contribution is -0.147. The first-order chi connectivity index (χ1) is 23.1. The highest BCUT2D eigenvalue weighted by Crippen LogP contribution is 2.40. The van der Waals surface area contributed by atoms with E-state index >= 15 is 0 Å². The van der Waals surface area contributed by atoms with Gasteiger partial charge in [0, 0.05) is 19.5 Å². The fourth-order valence-electron chi connectivity index (χ4n) is 7.67. The second-order valence-electron chi connectivity index (χ2n) is 15.4. The van der Waals surface area contributed by atoms with Gasteiger partial charge in [-0.2, -0.15) is 13.2 Å². The maximum Gasteiger partial charge on any atom is 0.389 e. The molecule has 2 heterocycles. The van der Waals surface area contributed by atoms with Crippen LogP contribution in [0.3, 0.4) is 0 Å². The number of carbonyl (C=O) groups is 5. The summed E-state index contributed by atoms with van der Waals surface area (Å²) in [7, 11) is -3.42. The molecular formula is C34H54F3N5O7S. The molecule has 3 rings (SSSR count). The van der Waals surface area contributed by atoms with Crippen LogP contribution in [0.1, 0.15) is 98.8 Å². The summed E-state index contributed by atoms with van der Waals surface area (Å²) in [5.74, 6) is -4.47. The second kappa shape index (κ2) is 16.4. The lowest BCUT2D eigenvalue weighted by atomic mass is 9.78. The van der Waals surface area contributed by atoms with Crippen molar-refractivity contribution in [1.29, 1.82) is 0 Å². The predicted octanol–water partition coefficient (Wildman–Crippen LogP) is 3.55. The molecule has 3 unspecified atom stereocenters. The quantitative estimate of drug-likeness (QED) is 0.166. The van der Waals surface area contributed by atoms with Gasteiger partial charge in [-0.25, -0.2) is 13.2 Å². The average Bonchev–Trinajstić information content (AvgIpc) is 3.63. The molecular weight excluding hydrogens is 679 g/mol. The molecule has 0 aromatic carbocycles. The fraction of sp³-hybridized carbons (Fsp3) is 0.794. The van der Waals surface area contributed by atoms with Gasteiger partial charge in [-0.1, -0.05) is 60.0 Å². The number of urea groups is 1. The molecule has 0 radical (unpaired) electrons. The molecule has 3 aliphatic rings. The summed E-state index contributed by atoms with van der Waals surface area (Å²) in [6, 6.07) is -4.90. The fourth-order valence-corrected chi connectivity index (χ4v) is 10.0. The Morgan fingerprint density at radius 3 is 2.14 bits per heavy atom. The van der Waals surface area contributed by atoms with Crippen molar-refractivity contribution in [2.45, 2.75) is 134 Å². The van der Waals surface area contributed by atoms with E-state index in [9.17, 15) is 45.6 Å². The van der Waals surface area contributed by atoms with Gasteiger partial charge in [0.2, 0.25) is 17.6 Å². The van der Waals surface area contributed by atoms with E-state index in [1.165, 1.54) is 11.0 Å². The van der Waals surface area contributed by atoms with Gasteiger partial charge in [0.1, 0.15) is 12.1 Å². The number of Topliss-reactive ketones (excluding diaryl/α,β-unsaturated/α-hetero) is 1. The van der Waals surface area contributed by atoms with Crippen LogP contribution in [0, 0.1) is 17.3 Å². The Balaban J connectivity index is 1.89. The number of hydrogen-bond donors (Lipinski definition) is 4. The zero-order valence-electron chi connectivity index (χ0n) is 29.8. The van der Waals surface area contributed by atoms with E-state index in [2.05, 4.69) is 27.8 Å². The number of ketones is 1. The average molecular weight is 734 g/mol. The van der Waals surface area contributed by atoms with Crippen LogP contribution in [0.15, 0.2) is 12.7 Å². The molecule has 0 aromatic rings. The summed E-state index contributed by atoms with van der Waals surface area (Å²) in [4.78, 5) is 68.6. The first-order valence-corrected chi connectivity index (χ1v) is 19.3. The number of amides is 5. The van der Waals surface area contributed by atoms with Crippen molar-refractivity contribution in [2.24, 2.45) is 17.3 Å². The molecule has 5 atom stereocenters. The highest BCUT2D eigenvalue weighted by molar-refractivity contribution is 7.92. The zero-order valence-corrected chi connectivity index (χ0v) is 30.6. The Bertz CT molecular complexity index is 1390. The van der Waals surface area contributed by atoms with Crippen LogP contribution >= 0.6 is 0 Å². The highest BCUT2D eigenvalue weighted by atomic mass is 32.2. The largest absolute Gasteiger partial charge is 0.389 e. The minimum atomic E-state index is -4.67. The van der Waals surface area contributed by atoms with E-state index in [0.717, 1.165) is 19.3 Å². The molecule has 16 heteroatoms. The molecule has 4 N–H and O–H groups in total. The Labute approximate surface area is 293 Å². The van der Waals surface area contributed by atoms with Gasteiger partial charge in [-0.3, -0.25) is 19.2 Å².